The van der Waals surface area contributed by atoms with Crippen LogP contribution in [0, 0.1) is 0 Å². The van der Waals surface area contributed by atoms with Gasteiger partial charge in [0.25, 0.3) is 0 Å². The van der Waals surface area contributed by atoms with E-state index in [1.165, 1.54) is 20.1 Å². The monoisotopic (exact) mass is 275 g/mol. The summed E-state index contributed by atoms with van der Waals surface area (Å²) in [6, 6.07) is 1.66. The average molecular weight is 275 g/mol. The van der Waals surface area contributed by atoms with E-state index < -0.39 is 23.7 Å². The van der Waals surface area contributed by atoms with E-state index in [9.17, 15) is 18.7 Å². The lowest BCUT2D eigenvalue weighted by Gasteiger charge is -2.22. The van der Waals surface area contributed by atoms with Crippen LogP contribution in [-0.2, 0) is 9.53 Å². The van der Waals surface area contributed by atoms with Crippen molar-refractivity contribution in [3.05, 3.63) is 23.8 Å². The van der Waals surface area contributed by atoms with Crippen LogP contribution >= 0.6 is 0 Å². The molecule has 1 atom stereocenters. The van der Waals surface area contributed by atoms with E-state index in [2.05, 4.69) is 4.74 Å². The molecule has 1 rings (SSSR count). The molecule has 5 nitrogen and oxygen atoms in total. The number of phenolic OH excluding ortho intramolecular Hbond substituents is 1. The predicted molar refractivity (Wildman–Crippen MR) is 63.2 cm³/mol. The number of halogens is 2. The van der Waals surface area contributed by atoms with Crippen molar-refractivity contribution in [1.82, 2.24) is 0 Å². The first-order valence-electron chi connectivity index (χ1n) is 5.52. The lowest BCUT2D eigenvalue weighted by atomic mass is 10.00. The van der Waals surface area contributed by atoms with Crippen molar-refractivity contribution in [3.63, 3.8) is 0 Å². The number of nitrogens with two attached hydrogens (primary N) is 1. The maximum atomic E-state index is 13.7. The Morgan fingerprint density at radius 1 is 1.53 bits per heavy atom. The van der Waals surface area contributed by atoms with Gasteiger partial charge in [0.05, 0.1) is 13.7 Å². The van der Waals surface area contributed by atoms with Gasteiger partial charge in [-0.1, -0.05) is 0 Å². The van der Waals surface area contributed by atoms with Gasteiger partial charge in [-0.3, -0.25) is 0 Å². The molecule has 0 aliphatic rings. The van der Waals surface area contributed by atoms with Gasteiger partial charge in [0.15, 0.2) is 0 Å². The number of rotatable bonds is 5. The fourth-order valence-corrected chi connectivity index (χ4v) is 1.46. The van der Waals surface area contributed by atoms with Crippen LogP contribution in [0.25, 0.3) is 0 Å². The van der Waals surface area contributed by atoms with Crippen molar-refractivity contribution in [2.24, 2.45) is 5.73 Å². The van der Waals surface area contributed by atoms with Gasteiger partial charge in [0.1, 0.15) is 17.5 Å². The number of hydrogen-bond donors (Lipinski definition) is 2. The molecule has 0 spiro atoms. The summed E-state index contributed by atoms with van der Waals surface area (Å²) in [6.07, 6.45) is 0. The second-order valence-electron chi connectivity index (χ2n) is 3.75. The second-order valence-corrected chi connectivity index (χ2v) is 3.75. The largest absolute Gasteiger partial charge is 0.508 e. The summed E-state index contributed by atoms with van der Waals surface area (Å²) in [4.78, 5) is 11.2. The molecule has 106 valence electrons. The number of aromatic hydroxyl groups is 1. The first kappa shape index (κ1) is 15.2. The van der Waals surface area contributed by atoms with Crippen molar-refractivity contribution in [2.45, 2.75) is 18.9 Å². The van der Waals surface area contributed by atoms with Crippen molar-refractivity contribution >= 4 is 5.97 Å². The summed E-state index contributed by atoms with van der Waals surface area (Å²) >= 11 is 0. The van der Waals surface area contributed by atoms with Crippen LogP contribution in [-0.4, -0.2) is 30.7 Å². The average Bonchev–Trinajstić information content (AvgIpc) is 2.38. The SMILES string of the molecule is CCOC(=O)C(F)(F)[C@@H](N)c1cc(OC)ccc1O. The summed E-state index contributed by atoms with van der Waals surface area (Å²) in [5.74, 6) is -5.88. The molecule has 0 fully saturated rings. The minimum absolute atomic E-state index is 0.189. The van der Waals surface area contributed by atoms with Gasteiger partial charge in [-0.15, -0.1) is 0 Å². The number of ether oxygens (including phenoxy) is 2. The summed E-state index contributed by atoms with van der Waals surface area (Å²) in [7, 11) is 1.34. The fraction of sp³-hybridized carbons (Fsp3) is 0.417. The Hall–Kier alpha value is -1.89. The third-order valence-corrected chi connectivity index (χ3v) is 2.51. The number of benzene rings is 1. The van der Waals surface area contributed by atoms with E-state index >= 15 is 0 Å². The zero-order valence-corrected chi connectivity index (χ0v) is 10.5. The Morgan fingerprint density at radius 2 is 2.16 bits per heavy atom. The molecule has 0 aromatic heterocycles. The molecule has 1 aromatic carbocycles. The van der Waals surface area contributed by atoms with Gasteiger partial charge in [-0.25, -0.2) is 4.79 Å². The summed E-state index contributed by atoms with van der Waals surface area (Å²) in [6.45, 7) is 1.22. The molecule has 19 heavy (non-hydrogen) atoms. The minimum Gasteiger partial charge on any atom is -0.508 e. The van der Waals surface area contributed by atoms with Gasteiger partial charge < -0.3 is 20.3 Å². The number of carbonyl (C=O) groups excluding carboxylic acids is 1. The van der Waals surface area contributed by atoms with Crippen molar-refractivity contribution in [2.75, 3.05) is 13.7 Å². The molecule has 3 N–H and O–H groups in total. The van der Waals surface area contributed by atoms with Crippen LogP contribution < -0.4 is 10.5 Å². The maximum absolute atomic E-state index is 13.7. The van der Waals surface area contributed by atoms with E-state index in [-0.39, 0.29) is 17.9 Å². The molecular formula is C12H15F2NO4. The van der Waals surface area contributed by atoms with Crippen LogP contribution in [0.3, 0.4) is 0 Å². The van der Waals surface area contributed by atoms with Crippen LogP contribution in [0.4, 0.5) is 8.78 Å². The molecule has 0 aliphatic carbocycles. The van der Waals surface area contributed by atoms with E-state index in [1.807, 2.05) is 0 Å². The minimum atomic E-state index is -3.94. The van der Waals surface area contributed by atoms with Crippen LogP contribution in [0.1, 0.15) is 18.5 Å². The highest BCUT2D eigenvalue weighted by atomic mass is 19.3. The van der Waals surface area contributed by atoms with Gasteiger partial charge in [-0.05, 0) is 25.1 Å². The highest BCUT2D eigenvalue weighted by Gasteiger charge is 2.48. The molecule has 0 saturated heterocycles. The summed E-state index contributed by atoms with van der Waals surface area (Å²) < 4.78 is 36.6. The highest BCUT2D eigenvalue weighted by molar-refractivity contribution is 5.79. The molecule has 0 radical (unpaired) electrons. The molecule has 7 heteroatoms. The van der Waals surface area contributed by atoms with E-state index in [1.54, 1.807) is 0 Å². The van der Waals surface area contributed by atoms with Crippen LogP contribution in [0.5, 0.6) is 11.5 Å². The number of methoxy groups -OCH3 is 1. The Bertz CT molecular complexity index is 465. The molecule has 0 saturated carbocycles. The number of hydrogen-bond acceptors (Lipinski definition) is 5. The topological polar surface area (TPSA) is 81.8 Å². The first-order valence-corrected chi connectivity index (χ1v) is 5.52. The standard InChI is InChI=1S/C12H15F2NO4/c1-3-19-11(17)12(13,14)10(15)8-6-7(18-2)4-5-9(8)16/h4-6,10,16H,3,15H2,1-2H3/t10-/m0/s1. The lowest BCUT2D eigenvalue weighted by molar-refractivity contribution is -0.174. The Kier molecular flexibility index (Phi) is 4.66. The molecule has 0 aliphatic heterocycles. The Labute approximate surface area is 108 Å². The van der Waals surface area contributed by atoms with Crippen molar-refractivity contribution in [1.29, 1.82) is 0 Å². The smallest absolute Gasteiger partial charge is 0.379 e. The Balaban J connectivity index is 3.11. The summed E-state index contributed by atoms with van der Waals surface area (Å²) in [5, 5.41) is 9.55. The van der Waals surface area contributed by atoms with E-state index in [0.717, 1.165) is 12.1 Å². The third kappa shape index (κ3) is 3.11. The summed E-state index contributed by atoms with van der Waals surface area (Å²) in [5.41, 5.74) is 5.07. The quantitative estimate of drug-likeness (QED) is 0.798. The van der Waals surface area contributed by atoms with Crippen LogP contribution in [0.15, 0.2) is 18.2 Å². The molecule has 0 bridgehead atoms. The molecular weight excluding hydrogens is 260 g/mol. The first-order chi connectivity index (χ1) is 8.84. The van der Waals surface area contributed by atoms with Crippen LogP contribution in [0.2, 0.25) is 0 Å². The van der Waals surface area contributed by atoms with E-state index in [4.69, 9.17) is 10.5 Å². The van der Waals surface area contributed by atoms with Gasteiger partial charge in [0.2, 0.25) is 0 Å². The molecule has 0 unspecified atom stereocenters. The maximum Gasteiger partial charge on any atom is 0.379 e. The second kappa shape index (κ2) is 5.83. The molecule has 0 heterocycles. The fourth-order valence-electron chi connectivity index (χ4n) is 1.46. The highest BCUT2D eigenvalue weighted by Crippen LogP contribution is 2.36. The number of esters is 1. The van der Waals surface area contributed by atoms with Gasteiger partial charge in [0, 0.05) is 5.56 Å². The lowest BCUT2D eigenvalue weighted by Crippen LogP contribution is -2.41. The van der Waals surface area contributed by atoms with Crippen molar-refractivity contribution in [3.8, 4) is 11.5 Å². The van der Waals surface area contributed by atoms with Gasteiger partial charge in [-0.2, -0.15) is 8.78 Å². The number of alkyl halides is 2. The third-order valence-electron chi connectivity index (χ3n) is 2.51. The predicted octanol–water partition coefficient (Wildman–Crippen LogP) is 1.60. The molecule has 1 aromatic rings. The Morgan fingerprint density at radius 3 is 2.68 bits per heavy atom. The number of phenols is 1. The van der Waals surface area contributed by atoms with E-state index in [0.29, 0.717) is 0 Å². The zero-order chi connectivity index (χ0) is 14.6. The zero-order valence-electron chi connectivity index (χ0n) is 10.5. The van der Waals surface area contributed by atoms with Crippen molar-refractivity contribution < 1.29 is 28.2 Å². The number of carbonyl (C=O) groups is 1. The normalized spacial score (nSPS) is 12.9. The molecule has 0 amide bonds. The van der Waals surface area contributed by atoms with Gasteiger partial charge >= 0.3 is 11.9 Å².